The number of carbonyl (C=O) groups excluding carboxylic acids is 1. The highest BCUT2D eigenvalue weighted by atomic mass is 16.2. The van der Waals surface area contributed by atoms with Crippen molar-refractivity contribution in [1.29, 1.82) is 5.26 Å². The molecule has 0 saturated carbocycles. The van der Waals surface area contributed by atoms with Crippen molar-refractivity contribution < 1.29 is 4.79 Å². The lowest BCUT2D eigenvalue weighted by atomic mass is 9.76. The lowest BCUT2D eigenvalue weighted by Crippen LogP contribution is -2.44. The molecule has 0 spiro atoms. The topological polar surface area (TPSA) is 64.9 Å². The third-order valence-corrected chi connectivity index (χ3v) is 3.97. The van der Waals surface area contributed by atoms with Crippen LogP contribution in [-0.4, -0.2) is 19.0 Å². The third-order valence-electron chi connectivity index (χ3n) is 3.97. The molecule has 0 unspecified atom stereocenters. The van der Waals surface area contributed by atoms with Crippen LogP contribution in [0.25, 0.3) is 0 Å². The van der Waals surface area contributed by atoms with Gasteiger partial charge in [0, 0.05) is 5.69 Å². The van der Waals surface area contributed by atoms with Gasteiger partial charge in [-0.1, -0.05) is 13.0 Å². The zero-order valence-corrected chi connectivity index (χ0v) is 11.2. The second-order valence-electron chi connectivity index (χ2n) is 5.03. The summed E-state index contributed by atoms with van der Waals surface area (Å²) in [5, 5.41) is 15.1. The van der Waals surface area contributed by atoms with Gasteiger partial charge < -0.3 is 10.6 Å². The molecule has 0 aliphatic carbocycles. The summed E-state index contributed by atoms with van der Waals surface area (Å²) in [7, 11) is 0. The largest absolute Gasteiger partial charge is 0.326 e. The van der Waals surface area contributed by atoms with Crippen molar-refractivity contribution >= 4 is 11.6 Å². The maximum atomic E-state index is 12.5. The molecule has 2 rings (SSSR count). The van der Waals surface area contributed by atoms with E-state index in [1.807, 2.05) is 6.07 Å². The monoisotopic (exact) mass is 257 g/mol. The van der Waals surface area contributed by atoms with E-state index in [0.717, 1.165) is 32.4 Å². The van der Waals surface area contributed by atoms with Gasteiger partial charge in [0.2, 0.25) is 5.91 Å². The van der Waals surface area contributed by atoms with Crippen LogP contribution in [0.2, 0.25) is 0 Å². The zero-order valence-electron chi connectivity index (χ0n) is 11.2. The first-order valence-corrected chi connectivity index (χ1v) is 6.72. The van der Waals surface area contributed by atoms with Crippen LogP contribution in [0.1, 0.15) is 31.7 Å². The van der Waals surface area contributed by atoms with Gasteiger partial charge in [-0.2, -0.15) is 5.26 Å². The molecule has 1 aliphatic rings. The van der Waals surface area contributed by atoms with Crippen molar-refractivity contribution in [2.45, 2.75) is 26.2 Å². The van der Waals surface area contributed by atoms with Crippen LogP contribution in [0.3, 0.4) is 0 Å². The first kappa shape index (κ1) is 13.6. The minimum absolute atomic E-state index is 0.0755. The van der Waals surface area contributed by atoms with E-state index in [0.29, 0.717) is 11.3 Å². The molecule has 1 amide bonds. The number of carbonyl (C=O) groups is 1. The van der Waals surface area contributed by atoms with Gasteiger partial charge in [0.05, 0.1) is 17.0 Å². The molecular formula is C15H19N3O. The van der Waals surface area contributed by atoms with Crippen LogP contribution < -0.4 is 10.6 Å². The van der Waals surface area contributed by atoms with Crippen LogP contribution in [0.5, 0.6) is 0 Å². The summed E-state index contributed by atoms with van der Waals surface area (Å²) in [6.45, 7) is 3.84. The molecule has 1 fully saturated rings. The minimum Gasteiger partial charge on any atom is -0.326 e. The van der Waals surface area contributed by atoms with E-state index in [9.17, 15) is 4.79 Å². The summed E-state index contributed by atoms with van der Waals surface area (Å²) in [6.07, 6.45) is 2.58. The molecule has 1 saturated heterocycles. The van der Waals surface area contributed by atoms with E-state index in [2.05, 4.69) is 23.6 Å². The summed E-state index contributed by atoms with van der Waals surface area (Å²) in [5.41, 5.74) is 0.998. The van der Waals surface area contributed by atoms with E-state index in [1.54, 1.807) is 18.2 Å². The predicted molar refractivity (Wildman–Crippen MR) is 74.6 cm³/mol. The predicted octanol–water partition coefficient (Wildman–Crippen LogP) is 2.28. The molecule has 0 radical (unpaired) electrons. The standard InChI is InChI=1S/C15H19N3O/c1-2-15(6-8-17-9-7-15)14(19)18-13-5-3-4-12(10-13)11-16/h3-5,10,17H,2,6-9H2,1H3,(H,18,19). The summed E-state index contributed by atoms with van der Waals surface area (Å²) in [4.78, 5) is 12.5. The molecule has 0 bridgehead atoms. The SMILES string of the molecule is CCC1(C(=O)Nc2cccc(C#N)c2)CCNCC1. The molecule has 1 aromatic rings. The molecule has 1 aromatic carbocycles. The molecule has 2 N–H and O–H groups in total. The summed E-state index contributed by atoms with van der Waals surface area (Å²) in [5.74, 6) is 0.0755. The van der Waals surface area contributed by atoms with Gasteiger partial charge in [-0.15, -0.1) is 0 Å². The van der Waals surface area contributed by atoms with E-state index >= 15 is 0 Å². The number of amides is 1. The highest BCUT2D eigenvalue weighted by Crippen LogP contribution is 2.33. The molecular weight excluding hydrogens is 238 g/mol. The first-order chi connectivity index (χ1) is 9.20. The van der Waals surface area contributed by atoms with Crippen molar-refractivity contribution in [2.24, 2.45) is 5.41 Å². The van der Waals surface area contributed by atoms with E-state index in [1.165, 1.54) is 0 Å². The Labute approximate surface area is 113 Å². The van der Waals surface area contributed by atoms with Crippen LogP contribution >= 0.6 is 0 Å². The molecule has 4 nitrogen and oxygen atoms in total. The Hall–Kier alpha value is -1.86. The second-order valence-corrected chi connectivity index (χ2v) is 5.03. The number of hydrogen-bond acceptors (Lipinski definition) is 3. The van der Waals surface area contributed by atoms with Crippen LogP contribution in [-0.2, 0) is 4.79 Å². The number of benzene rings is 1. The number of nitrogens with one attached hydrogen (secondary N) is 2. The maximum Gasteiger partial charge on any atom is 0.230 e. The number of anilines is 1. The molecule has 0 aromatic heterocycles. The average Bonchev–Trinajstić information content (AvgIpc) is 2.48. The van der Waals surface area contributed by atoms with Gasteiger partial charge in [-0.3, -0.25) is 4.79 Å². The summed E-state index contributed by atoms with van der Waals surface area (Å²) < 4.78 is 0. The normalized spacial score (nSPS) is 17.5. The molecule has 100 valence electrons. The Morgan fingerprint density at radius 3 is 2.84 bits per heavy atom. The number of nitriles is 1. The van der Waals surface area contributed by atoms with Crippen molar-refractivity contribution in [2.75, 3.05) is 18.4 Å². The quantitative estimate of drug-likeness (QED) is 0.873. The van der Waals surface area contributed by atoms with E-state index in [4.69, 9.17) is 5.26 Å². The Morgan fingerprint density at radius 2 is 2.21 bits per heavy atom. The van der Waals surface area contributed by atoms with E-state index in [-0.39, 0.29) is 11.3 Å². The summed E-state index contributed by atoms with van der Waals surface area (Å²) in [6, 6.07) is 9.13. The fourth-order valence-electron chi connectivity index (χ4n) is 2.58. The van der Waals surface area contributed by atoms with Gasteiger partial charge in [-0.05, 0) is 50.6 Å². The maximum absolute atomic E-state index is 12.5. The zero-order chi connectivity index (χ0) is 13.7. The van der Waals surface area contributed by atoms with Gasteiger partial charge in [0.15, 0.2) is 0 Å². The highest BCUT2D eigenvalue weighted by Gasteiger charge is 2.37. The number of piperidine rings is 1. The molecule has 0 atom stereocenters. The van der Waals surface area contributed by atoms with Crippen molar-refractivity contribution in [3.63, 3.8) is 0 Å². The molecule has 4 heteroatoms. The highest BCUT2D eigenvalue weighted by molar-refractivity contribution is 5.95. The smallest absolute Gasteiger partial charge is 0.230 e. The van der Waals surface area contributed by atoms with Gasteiger partial charge in [0.1, 0.15) is 0 Å². The lowest BCUT2D eigenvalue weighted by Gasteiger charge is -2.35. The Kier molecular flexibility index (Phi) is 4.18. The minimum atomic E-state index is -0.270. The molecule has 1 aliphatic heterocycles. The van der Waals surface area contributed by atoms with E-state index < -0.39 is 0 Å². The van der Waals surface area contributed by atoms with Crippen LogP contribution in [0.15, 0.2) is 24.3 Å². The van der Waals surface area contributed by atoms with Crippen molar-refractivity contribution in [1.82, 2.24) is 5.32 Å². The summed E-state index contributed by atoms with van der Waals surface area (Å²) >= 11 is 0. The number of hydrogen-bond donors (Lipinski definition) is 2. The van der Waals surface area contributed by atoms with Crippen molar-refractivity contribution in [3.05, 3.63) is 29.8 Å². The Balaban J connectivity index is 2.13. The lowest BCUT2D eigenvalue weighted by molar-refractivity contribution is -0.127. The third kappa shape index (κ3) is 2.94. The van der Waals surface area contributed by atoms with Crippen LogP contribution in [0, 0.1) is 16.7 Å². The van der Waals surface area contributed by atoms with Gasteiger partial charge in [0.25, 0.3) is 0 Å². The second kappa shape index (κ2) is 5.85. The van der Waals surface area contributed by atoms with Gasteiger partial charge >= 0.3 is 0 Å². The Bertz CT molecular complexity index is 498. The fourth-order valence-corrected chi connectivity index (χ4v) is 2.58. The molecule has 19 heavy (non-hydrogen) atoms. The fraction of sp³-hybridized carbons (Fsp3) is 0.467. The first-order valence-electron chi connectivity index (χ1n) is 6.72. The number of nitrogens with zero attached hydrogens (tertiary/aromatic N) is 1. The van der Waals surface area contributed by atoms with Gasteiger partial charge in [-0.25, -0.2) is 0 Å². The molecule has 1 heterocycles. The average molecular weight is 257 g/mol. The number of rotatable bonds is 3. The van der Waals surface area contributed by atoms with Crippen molar-refractivity contribution in [3.8, 4) is 6.07 Å². The Morgan fingerprint density at radius 1 is 1.47 bits per heavy atom. The van der Waals surface area contributed by atoms with Crippen LogP contribution in [0.4, 0.5) is 5.69 Å².